The quantitative estimate of drug-likeness (QED) is 0.159. The predicted octanol–water partition coefficient (Wildman–Crippen LogP) is 5.87. The van der Waals surface area contributed by atoms with Crippen molar-refractivity contribution in [3.63, 3.8) is 0 Å². The van der Waals surface area contributed by atoms with Crippen molar-refractivity contribution in [3.8, 4) is 17.2 Å². The summed E-state index contributed by atoms with van der Waals surface area (Å²) in [7, 11) is 0. The standard InChI is InChI=1S/C43H60N8O4/c1-43(2)37-25-39(55-30-32-6-7-32)40(26-38(37)45-42(43)44)54-22-5-17-49-27-33-8-9-36(24-34(33)28-49)53-23-14-35-29-51(47-46-35)21-13-41(52)50-19-11-31(12-20-50)10-18-48-15-3-4-16-48/h8-9,24-26,29,31-32H,3-7,10-23,27-28,30H2,1-2H3,(H2,44,45). The summed E-state index contributed by atoms with van der Waals surface area (Å²) >= 11 is 0. The van der Waals surface area contributed by atoms with Crippen molar-refractivity contribution in [2.45, 2.75) is 103 Å². The van der Waals surface area contributed by atoms with Crippen molar-refractivity contribution in [2.75, 3.05) is 59.1 Å². The molecule has 0 unspecified atom stereocenters. The van der Waals surface area contributed by atoms with E-state index in [-0.39, 0.29) is 11.3 Å². The van der Waals surface area contributed by atoms with Gasteiger partial charge < -0.3 is 29.7 Å². The normalized spacial score (nSPS) is 19.7. The fourth-order valence-electron chi connectivity index (χ4n) is 8.47. The molecule has 8 rings (SSSR count). The molecule has 1 aromatic heterocycles. The molecule has 5 aliphatic rings. The molecule has 3 aromatic rings. The Hall–Kier alpha value is -4.16. The van der Waals surface area contributed by atoms with Crippen molar-refractivity contribution >= 4 is 17.4 Å². The third kappa shape index (κ3) is 9.45. The van der Waals surface area contributed by atoms with E-state index < -0.39 is 0 Å². The predicted molar refractivity (Wildman–Crippen MR) is 213 cm³/mol. The molecule has 1 amide bonds. The van der Waals surface area contributed by atoms with Crippen molar-refractivity contribution in [2.24, 2.45) is 22.6 Å². The van der Waals surface area contributed by atoms with Gasteiger partial charge in [-0.3, -0.25) is 14.4 Å². The summed E-state index contributed by atoms with van der Waals surface area (Å²) in [6, 6.07) is 10.5. The molecule has 55 heavy (non-hydrogen) atoms. The van der Waals surface area contributed by atoms with Gasteiger partial charge in [-0.15, -0.1) is 5.10 Å². The molecule has 1 aliphatic carbocycles. The van der Waals surface area contributed by atoms with Crippen LogP contribution >= 0.6 is 0 Å². The summed E-state index contributed by atoms with van der Waals surface area (Å²) in [5.41, 5.74) is 11.5. The van der Waals surface area contributed by atoms with E-state index in [1.807, 2.05) is 17.2 Å². The van der Waals surface area contributed by atoms with Crippen LogP contribution in [0.15, 0.2) is 41.5 Å². The molecule has 12 heteroatoms. The van der Waals surface area contributed by atoms with Crippen LogP contribution in [0.25, 0.3) is 0 Å². The molecule has 2 aromatic carbocycles. The van der Waals surface area contributed by atoms with E-state index in [9.17, 15) is 4.79 Å². The number of hydrogen-bond donors (Lipinski definition) is 1. The number of ether oxygens (including phenoxy) is 3. The van der Waals surface area contributed by atoms with E-state index in [4.69, 9.17) is 19.9 Å². The van der Waals surface area contributed by atoms with Crippen LogP contribution < -0.4 is 19.9 Å². The molecule has 2 saturated heterocycles. The number of rotatable bonds is 18. The Kier molecular flexibility index (Phi) is 11.6. The van der Waals surface area contributed by atoms with E-state index in [0.29, 0.717) is 44.4 Å². The zero-order valence-electron chi connectivity index (χ0n) is 33.0. The van der Waals surface area contributed by atoms with Crippen LogP contribution in [0, 0.1) is 11.8 Å². The number of amides is 1. The minimum atomic E-state index is -0.309. The third-order valence-corrected chi connectivity index (χ3v) is 12.4. The summed E-state index contributed by atoms with van der Waals surface area (Å²) in [6.07, 6.45) is 12.7. The molecule has 0 bridgehead atoms. The van der Waals surface area contributed by atoms with E-state index in [0.717, 1.165) is 98.7 Å². The van der Waals surface area contributed by atoms with Gasteiger partial charge >= 0.3 is 0 Å². The maximum atomic E-state index is 12.9. The summed E-state index contributed by atoms with van der Waals surface area (Å²) in [5, 5.41) is 8.62. The summed E-state index contributed by atoms with van der Waals surface area (Å²) in [5.74, 6) is 4.69. The molecule has 3 fully saturated rings. The molecule has 0 radical (unpaired) electrons. The molecular formula is C43H60N8O4. The first-order chi connectivity index (χ1) is 26.8. The number of carbonyl (C=O) groups excluding carboxylic acids is 1. The van der Waals surface area contributed by atoms with E-state index in [1.54, 1.807) is 4.68 Å². The average molecular weight is 753 g/mol. The summed E-state index contributed by atoms with van der Waals surface area (Å²) in [4.78, 5) is 24.7. The van der Waals surface area contributed by atoms with Gasteiger partial charge in [-0.1, -0.05) is 11.3 Å². The van der Waals surface area contributed by atoms with Gasteiger partial charge in [-0.25, -0.2) is 4.99 Å². The second-order valence-electron chi connectivity index (χ2n) is 17.0. The van der Waals surface area contributed by atoms with Crippen molar-refractivity contribution in [1.29, 1.82) is 0 Å². The number of amidine groups is 1. The largest absolute Gasteiger partial charge is 0.493 e. The molecular weight excluding hydrogens is 693 g/mol. The van der Waals surface area contributed by atoms with Gasteiger partial charge in [0.25, 0.3) is 0 Å². The van der Waals surface area contributed by atoms with Gasteiger partial charge in [-0.05, 0) is 132 Å². The number of benzene rings is 2. The Bertz CT molecular complexity index is 1820. The molecule has 296 valence electrons. The maximum absolute atomic E-state index is 12.9. The Morgan fingerprint density at radius 2 is 1.65 bits per heavy atom. The number of carbonyl (C=O) groups is 1. The van der Waals surface area contributed by atoms with Gasteiger partial charge in [0.05, 0.1) is 37.7 Å². The number of aryl methyl sites for hydroxylation is 1. The monoisotopic (exact) mass is 752 g/mol. The number of nitrogens with two attached hydrogens (primary N) is 1. The fraction of sp³-hybridized carbons (Fsp3) is 0.628. The van der Waals surface area contributed by atoms with Crippen LogP contribution in [-0.4, -0.2) is 101 Å². The van der Waals surface area contributed by atoms with Gasteiger partial charge in [0.15, 0.2) is 11.5 Å². The zero-order chi connectivity index (χ0) is 37.8. The van der Waals surface area contributed by atoms with Gasteiger partial charge in [0, 0.05) is 63.2 Å². The maximum Gasteiger partial charge on any atom is 0.224 e. The summed E-state index contributed by atoms with van der Waals surface area (Å²) < 4.78 is 20.5. The highest BCUT2D eigenvalue weighted by molar-refractivity contribution is 5.99. The van der Waals surface area contributed by atoms with Gasteiger partial charge in [0.2, 0.25) is 5.91 Å². The average Bonchev–Trinajstić information content (AvgIpc) is 3.48. The molecule has 0 atom stereocenters. The second kappa shape index (κ2) is 16.9. The lowest BCUT2D eigenvalue weighted by molar-refractivity contribution is -0.132. The fourth-order valence-corrected chi connectivity index (χ4v) is 8.47. The first-order valence-corrected chi connectivity index (χ1v) is 20.9. The number of hydrogen-bond acceptors (Lipinski definition) is 10. The highest BCUT2D eigenvalue weighted by Crippen LogP contribution is 2.45. The Morgan fingerprint density at radius 1 is 0.855 bits per heavy atom. The highest BCUT2D eigenvalue weighted by Gasteiger charge is 2.35. The number of aliphatic imine (C=N–C) groups is 1. The van der Waals surface area contributed by atoms with Crippen molar-refractivity contribution < 1.29 is 19.0 Å². The van der Waals surface area contributed by atoms with Crippen LogP contribution in [0.1, 0.15) is 94.0 Å². The lowest BCUT2D eigenvalue weighted by Gasteiger charge is -2.32. The van der Waals surface area contributed by atoms with Crippen LogP contribution in [0.5, 0.6) is 17.2 Å². The van der Waals surface area contributed by atoms with Crippen LogP contribution in [0.2, 0.25) is 0 Å². The molecule has 1 saturated carbocycles. The first-order valence-electron chi connectivity index (χ1n) is 20.9. The zero-order valence-corrected chi connectivity index (χ0v) is 33.0. The van der Waals surface area contributed by atoms with Crippen molar-refractivity contribution in [3.05, 3.63) is 58.9 Å². The SMILES string of the molecule is CC1(C)C(N)=Nc2cc(OCCCN3Cc4ccc(OCCc5cn(CCC(=O)N6CCC(CCN7CCCC7)CC6)nn5)cc4C3)c(OCC3CC3)cc21. The van der Waals surface area contributed by atoms with Crippen LogP contribution in [0.3, 0.4) is 0 Å². The lowest BCUT2D eigenvalue weighted by atomic mass is 9.85. The Labute approximate surface area is 326 Å². The first kappa shape index (κ1) is 37.7. The number of fused-ring (bicyclic) bond motifs is 2. The number of nitrogens with zero attached hydrogens (tertiary/aromatic N) is 7. The summed E-state index contributed by atoms with van der Waals surface area (Å²) in [6.45, 7) is 14.9. The van der Waals surface area contributed by atoms with E-state index >= 15 is 0 Å². The van der Waals surface area contributed by atoms with E-state index in [2.05, 4.69) is 63.2 Å². The third-order valence-electron chi connectivity index (χ3n) is 12.4. The topological polar surface area (TPSA) is 124 Å². The Balaban J connectivity index is 0.728. The smallest absolute Gasteiger partial charge is 0.224 e. The number of piperidine rings is 1. The molecule has 2 N–H and O–H groups in total. The molecule has 4 aliphatic heterocycles. The number of likely N-dealkylation sites (tertiary alicyclic amines) is 2. The number of aromatic nitrogens is 3. The Morgan fingerprint density at radius 3 is 2.47 bits per heavy atom. The minimum Gasteiger partial charge on any atom is -0.493 e. The van der Waals surface area contributed by atoms with Gasteiger partial charge in [0.1, 0.15) is 11.6 Å². The molecule has 12 nitrogen and oxygen atoms in total. The second-order valence-corrected chi connectivity index (χ2v) is 17.0. The lowest BCUT2D eigenvalue weighted by Crippen LogP contribution is -2.39. The van der Waals surface area contributed by atoms with E-state index in [1.165, 1.54) is 62.9 Å². The van der Waals surface area contributed by atoms with Crippen LogP contribution in [-0.2, 0) is 36.3 Å². The highest BCUT2D eigenvalue weighted by atomic mass is 16.5. The van der Waals surface area contributed by atoms with Crippen molar-refractivity contribution in [1.82, 2.24) is 29.7 Å². The molecule has 0 spiro atoms. The molecule has 5 heterocycles. The van der Waals surface area contributed by atoms with Gasteiger partial charge in [-0.2, -0.15) is 0 Å². The minimum absolute atomic E-state index is 0.228. The van der Waals surface area contributed by atoms with Crippen LogP contribution in [0.4, 0.5) is 5.69 Å².